The summed E-state index contributed by atoms with van der Waals surface area (Å²) < 4.78 is 1.56. The number of aromatic nitrogens is 3. The summed E-state index contributed by atoms with van der Waals surface area (Å²) in [5, 5.41) is 14.6. The van der Waals surface area contributed by atoms with Crippen LogP contribution in [0.1, 0.15) is 52.4 Å². The van der Waals surface area contributed by atoms with E-state index in [1.807, 2.05) is 0 Å². The maximum Gasteiger partial charge on any atom is 0.138 e. The predicted molar refractivity (Wildman–Crippen MR) is 76.3 cm³/mol. The first-order valence-corrected chi connectivity index (χ1v) is 7.22. The molecule has 0 amide bonds. The SMILES string of the molecule is C=C(C(O)C(C)(C)CC1CCCCC1)n1cncn1. The van der Waals surface area contributed by atoms with Crippen molar-refractivity contribution in [3.63, 3.8) is 0 Å². The van der Waals surface area contributed by atoms with Crippen LogP contribution < -0.4 is 0 Å². The predicted octanol–water partition coefficient (Wildman–Crippen LogP) is 3.11. The smallest absolute Gasteiger partial charge is 0.138 e. The van der Waals surface area contributed by atoms with Crippen LogP contribution in [-0.2, 0) is 0 Å². The lowest BCUT2D eigenvalue weighted by Crippen LogP contribution is -2.34. The third-order valence-electron chi connectivity index (χ3n) is 4.31. The van der Waals surface area contributed by atoms with Gasteiger partial charge in [0.05, 0.1) is 5.70 Å². The summed E-state index contributed by atoms with van der Waals surface area (Å²) in [6, 6.07) is 0. The number of rotatable bonds is 5. The molecule has 1 N–H and O–H groups in total. The Morgan fingerprint density at radius 2 is 2.11 bits per heavy atom. The molecule has 1 saturated carbocycles. The fourth-order valence-corrected chi connectivity index (χ4v) is 3.18. The highest BCUT2D eigenvalue weighted by Crippen LogP contribution is 2.38. The van der Waals surface area contributed by atoms with Gasteiger partial charge in [-0.1, -0.05) is 52.5 Å². The molecule has 4 nitrogen and oxygen atoms in total. The normalized spacial score (nSPS) is 19.3. The molecule has 1 aliphatic carbocycles. The molecule has 106 valence electrons. The summed E-state index contributed by atoms with van der Waals surface area (Å²) in [4.78, 5) is 3.90. The van der Waals surface area contributed by atoms with E-state index in [-0.39, 0.29) is 5.41 Å². The average Bonchev–Trinajstić information content (AvgIpc) is 2.91. The van der Waals surface area contributed by atoms with E-state index in [2.05, 4.69) is 30.5 Å². The molecule has 0 radical (unpaired) electrons. The van der Waals surface area contributed by atoms with Gasteiger partial charge in [0.15, 0.2) is 0 Å². The van der Waals surface area contributed by atoms with Gasteiger partial charge >= 0.3 is 0 Å². The third-order valence-corrected chi connectivity index (χ3v) is 4.31. The topological polar surface area (TPSA) is 50.9 Å². The third kappa shape index (κ3) is 3.44. The molecule has 1 aromatic rings. The van der Waals surface area contributed by atoms with E-state index in [1.54, 1.807) is 11.0 Å². The molecule has 1 aromatic heterocycles. The van der Waals surface area contributed by atoms with E-state index in [9.17, 15) is 5.11 Å². The minimum Gasteiger partial charge on any atom is -0.386 e. The molecule has 1 aliphatic rings. The molecule has 4 heteroatoms. The Morgan fingerprint density at radius 3 is 2.68 bits per heavy atom. The maximum atomic E-state index is 10.6. The Labute approximate surface area is 115 Å². The Morgan fingerprint density at radius 1 is 1.42 bits per heavy atom. The van der Waals surface area contributed by atoms with Crippen molar-refractivity contribution in [2.24, 2.45) is 11.3 Å². The summed E-state index contributed by atoms with van der Waals surface area (Å²) in [6.07, 6.45) is 10.1. The number of hydrogen-bond donors (Lipinski definition) is 1. The summed E-state index contributed by atoms with van der Waals surface area (Å²) in [5.41, 5.74) is 0.434. The van der Waals surface area contributed by atoms with Crippen molar-refractivity contribution >= 4 is 5.70 Å². The quantitative estimate of drug-likeness (QED) is 0.888. The van der Waals surface area contributed by atoms with Gasteiger partial charge in [0.2, 0.25) is 0 Å². The largest absolute Gasteiger partial charge is 0.386 e. The highest BCUT2D eigenvalue weighted by molar-refractivity contribution is 5.45. The highest BCUT2D eigenvalue weighted by Gasteiger charge is 2.33. The Kier molecular flexibility index (Phi) is 4.40. The highest BCUT2D eigenvalue weighted by atomic mass is 16.3. The maximum absolute atomic E-state index is 10.6. The second kappa shape index (κ2) is 5.87. The van der Waals surface area contributed by atoms with E-state index in [1.165, 1.54) is 38.4 Å². The minimum absolute atomic E-state index is 0.176. The fraction of sp³-hybridized carbons (Fsp3) is 0.733. The number of nitrogens with zero attached hydrogens (tertiary/aromatic N) is 3. The lowest BCUT2D eigenvalue weighted by Gasteiger charge is -2.36. The molecule has 0 bridgehead atoms. The molecular weight excluding hydrogens is 238 g/mol. The van der Waals surface area contributed by atoms with Crippen molar-refractivity contribution in [2.45, 2.75) is 58.5 Å². The van der Waals surface area contributed by atoms with E-state index >= 15 is 0 Å². The zero-order chi connectivity index (χ0) is 13.9. The van der Waals surface area contributed by atoms with Gasteiger partial charge in [0, 0.05) is 0 Å². The van der Waals surface area contributed by atoms with Gasteiger partial charge in [-0.05, 0) is 17.8 Å². The molecule has 0 aromatic carbocycles. The van der Waals surface area contributed by atoms with Gasteiger partial charge in [-0.25, -0.2) is 9.67 Å². The Bertz CT molecular complexity index is 405. The molecule has 1 fully saturated rings. The molecule has 0 aliphatic heterocycles. The second-order valence-corrected chi connectivity index (χ2v) is 6.43. The van der Waals surface area contributed by atoms with Crippen molar-refractivity contribution < 1.29 is 5.11 Å². The monoisotopic (exact) mass is 263 g/mol. The van der Waals surface area contributed by atoms with E-state index in [0.29, 0.717) is 5.70 Å². The van der Waals surface area contributed by atoms with Crippen molar-refractivity contribution in [3.05, 3.63) is 19.2 Å². The van der Waals surface area contributed by atoms with Gasteiger partial charge in [0.1, 0.15) is 18.8 Å². The van der Waals surface area contributed by atoms with Crippen LogP contribution in [0.15, 0.2) is 19.2 Å². The summed E-state index contributed by atoms with van der Waals surface area (Å²) in [6.45, 7) is 8.21. The molecule has 1 atom stereocenters. The molecule has 0 saturated heterocycles. The van der Waals surface area contributed by atoms with Crippen LogP contribution in [0.25, 0.3) is 5.70 Å². The Hall–Kier alpha value is -1.16. The number of aliphatic hydroxyl groups is 1. The van der Waals surface area contributed by atoms with E-state index in [0.717, 1.165) is 12.3 Å². The van der Waals surface area contributed by atoms with E-state index < -0.39 is 6.10 Å². The second-order valence-electron chi connectivity index (χ2n) is 6.43. The first-order valence-electron chi connectivity index (χ1n) is 7.22. The van der Waals surface area contributed by atoms with Gasteiger partial charge in [0.25, 0.3) is 0 Å². The first kappa shape index (κ1) is 14.3. The average molecular weight is 263 g/mol. The van der Waals surface area contributed by atoms with E-state index in [4.69, 9.17) is 0 Å². The number of aliphatic hydroxyl groups excluding tert-OH is 1. The molecule has 1 heterocycles. The number of hydrogen-bond acceptors (Lipinski definition) is 3. The van der Waals surface area contributed by atoms with Crippen LogP contribution in [0.3, 0.4) is 0 Å². The molecule has 19 heavy (non-hydrogen) atoms. The van der Waals surface area contributed by atoms with Crippen molar-refractivity contribution in [1.82, 2.24) is 14.8 Å². The van der Waals surface area contributed by atoms with Crippen LogP contribution in [0.2, 0.25) is 0 Å². The minimum atomic E-state index is -0.587. The van der Waals surface area contributed by atoms with Crippen molar-refractivity contribution in [2.75, 3.05) is 0 Å². The van der Waals surface area contributed by atoms with Gasteiger partial charge in [-0.3, -0.25) is 0 Å². The van der Waals surface area contributed by atoms with Crippen LogP contribution >= 0.6 is 0 Å². The molecular formula is C15H25N3O. The van der Waals surface area contributed by atoms with Gasteiger partial charge in [-0.15, -0.1) is 0 Å². The van der Waals surface area contributed by atoms with Crippen LogP contribution in [0, 0.1) is 11.3 Å². The molecule has 2 rings (SSSR count). The van der Waals surface area contributed by atoms with Gasteiger partial charge in [-0.2, -0.15) is 5.10 Å². The molecule has 0 spiro atoms. The zero-order valence-corrected chi connectivity index (χ0v) is 12.0. The van der Waals surface area contributed by atoms with Crippen molar-refractivity contribution in [1.29, 1.82) is 0 Å². The Balaban J connectivity index is 1.99. The lowest BCUT2D eigenvalue weighted by atomic mass is 9.73. The van der Waals surface area contributed by atoms with Crippen LogP contribution in [-0.4, -0.2) is 26.0 Å². The standard InChI is InChI=1S/C15H25N3O/c1-12(18-11-16-10-17-18)14(19)15(2,3)9-13-7-5-4-6-8-13/h10-11,13-14,19H,1,4-9H2,2-3H3. The summed E-state index contributed by atoms with van der Waals surface area (Å²) in [7, 11) is 0. The van der Waals surface area contributed by atoms with Crippen LogP contribution in [0.5, 0.6) is 0 Å². The lowest BCUT2D eigenvalue weighted by molar-refractivity contribution is 0.0654. The molecule has 1 unspecified atom stereocenters. The summed E-state index contributed by atoms with van der Waals surface area (Å²) >= 11 is 0. The van der Waals surface area contributed by atoms with Crippen LogP contribution in [0.4, 0.5) is 0 Å². The van der Waals surface area contributed by atoms with Gasteiger partial charge < -0.3 is 5.11 Å². The first-order chi connectivity index (χ1) is 9.00. The summed E-state index contributed by atoms with van der Waals surface area (Å²) in [5.74, 6) is 0.738. The zero-order valence-electron chi connectivity index (χ0n) is 12.0. The fourth-order valence-electron chi connectivity index (χ4n) is 3.18. The van der Waals surface area contributed by atoms with Crippen molar-refractivity contribution in [3.8, 4) is 0 Å².